The summed E-state index contributed by atoms with van der Waals surface area (Å²) in [5, 5.41) is 2.23. The number of rotatable bonds is 3. The first-order valence-corrected chi connectivity index (χ1v) is 10.6. The zero-order valence-electron chi connectivity index (χ0n) is 17.1. The second-order valence-electron chi connectivity index (χ2n) is 8.09. The van der Waals surface area contributed by atoms with Crippen molar-refractivity contribution in [3.63, 3.8) is 0 Å². The minimum Gasteiger partial charge on any atom is -0.378 e. The van der Waals surface area contributed by atoms with Crippen LogP contribution < -0.4 is 15.1 Å². The van der Waals surface area contributed by atoms with Gasteiger partial charge in [0.25, 0.3) is 11.8 Å². The molecule has 4 aliphatic rings. The zero-order valence-corrected chi connectivity index (χ0v) is 17.1. The van der Waals surface area contributed by atoms with Crippen LogP contribution in [0.2, 0.25) is 0 Å². The van der Waals surface area contributed by atoms with Gasteiger partial charge in [-0.2, -0.15) is 0 Å². The van der Waals surface area contributed by atoms with E-state index in [-0.39, 0.29) is 29.9 Å². The predicted octanol–water partition coefficient (Wildman–Crippen LogP) is 0.109. The number of imide groups is 2. The van der Waals surface area contributed by atoms with Crippen LogP contribution in [0.1, 0.15) is 40.0 Å². The Hall–Kier alpha value is -2.98. The van der Waals surface area contributed by atoms with E-state index in [1.165, 1.54) is 0 Å². The Morgan fingerprint density at radius 2 is 1.52 bits per heavy atom. The van der Waals surface area contributed by atoms with E-state index in [2.05, 4.69) is 15.1 Å². The van der Waals surface area contributed by atoms with E-state index in [4.69, 9.17) is 9.47 Å². The van der Waals surface area contributed by atoms with Crippen molar-refractivity contribution in [2.45, 2.75) is 25.3 Å². The number of carbonyl (C=O) groups is 4. The molecule has 4 aliphatic heterocycles. The van der Waals surface area contributed by atoms with Crippen molar-refractivity contribution in [3.05, 3.63) is 23.3 Å². The smallest absolute Gasteiger partial charge is 0.262 e. The van der Waals surface area contributed by atoms with Gasteiger partial charge in [-0.05, 0) is 25.0 Å². The summed E-state index contributed by atoms with van der Waals surface area (Å²) in [6.45, 7) is 4.42. The van der Waals surface area contributed by atoms with Crippen LogP contribution in [0.3, 0.4) is 0 Å². The van der Waals surface area contributed by atoms with E-state index in [1.54, 1.807) is 12.1 Å². The number of carbonyl (C=O) groups excluding carboxylic acids is 4. The number of benzene rings is 1. The summed E-state index contributed by atoms with van der Waals surface area (Å²) >= 11 is 0. The van der Waals surface area contributed by atoms with E-state index in [0.29, 0.717) is 39.6 Å². The Balaban J connectivity index is 1.54. The molecule has 1 N–H and O–H groups in total. The zero-order chi connectivity index (χ0) is 21.5. The van der Waals surface area contributed by atoms with Crippen molar-refractivity contribution in [1.82, 2.24) is 10.2 Å². The highest BCUT2D eigenvalue weighted by Gasteiger charge is 2.45. The second kappa shape index (κ2) is 7.93. The molecule has 0 aliphatic carbocycles. The SMILES string of the molecule is O=C1CCC(N2C(=O)c3cc(N4CCOCC4)c(N4CCCOC4)cc3C2=O)C(=O)N1. The normalized spacial score (nSPS) is 24.5. The van der Waals surface area contributed by atoms with Gasteiger partial charge < -0.3 is 19.3 Å². The van der Waals surface area contributed by atoms with E-state index >= 15 is 0 Å². The fourth-order valence-corrected chi connectivity index (χ4v) is 4.59. The molecule has 0 aromatic heterocycles. The number of fused-ring (bicyclic) bond motifs is 1. The summed E-state index contributed by atoms with van der Waals surface area (Å²) in [5.74, 6) is -1.99. The second-order valence-corrected chi connectivity index (χ2v) is 8.09. The highest BCUT2D eigenvalue weighted by atomic mass is 16.5. The van der Waals surface area contributed by atoms with Gasteiger partial charge in [0, 0.05) is 26.1 Å². The van der Waals surface area contributed by atoms with Crippen molar-refractivity contribution >= 4 is 35.0 Å². The van der Waals surface area contributed by atoms with Crippen molar-refractivity contribution in [2.24, 2.45) is 0 Å². The number of morpholine rings is 1. The first kappa shape index (κ1) is 20.0. The van der Waals surface area contributed by atoms with Crippen LogP contribution in [-0.4, -0.2) is 80.8 Å². The van der Waals surface area contributed by atoms with Gasteiger partial charge in [-0.25, -0.2) is 0 Å². The first-order chi connectivity index (χ1) is 15.0. The molecule has 1 unspecified atom stereocenters. The lowest BCUT2D eigenvalue weighted by Gasteiger charge is -2.36. The molecule has 0 radical (unpaired) electrons. The Morgan fingerprint density at radius 1 is 0.839 bits per heavy atom. The van der Waals surface area contributed by atoms with Crippen molar-refractivity contribution < 1.29 is 28.7 Å². The van der Waals surface area contributed by atoms with Gasteiger partial charge in [0.2, 0.25) is 11.8 Å². The molecule has 10 heteroatoms. The molecule has 164 valence electrons. The molecule has 0 bridgehead atoms. The average Bonchev–Trinajstić information content (AvgIpc) is 3.04. The van der Waals surface area contributed by atoms with Gasteiger partial charge in [0.1, 0.15) is 12.8 Å². The molecular weight excluding hydrogens is 404 g/mol. The number of nitrogens with zero attached hydrogens (tertiary/aromatic N) is 3. The van der Waals surface area contributed by atoms with Crippen molar-refractivity contribution in [3.8, 4) is 0 Å². The Bertz CT molecular complexity index is 894. The summed E-state index contributed by atoms with van der Waals surface area (Å²) < 4.78 is 11.1. The van der Waals surface area contributed by atoms with E-state index in [9.17, 15) is 19.2 Å². The van der Waals surface area contributed by atoms with E-state index < -0.39 is 23.8 Å². The molecule has 4 heterocycles. The number of hydrogen-bond acceptors (Lipinski definition) is 8. The maximum atomic E-state index is 13.2. The summed E-state index contributed by atoms with van der Waals surface area (Å²) in [4.78, 5) is 55.5. The number of piperidine rings is 1. The highest BCUT2D eigenvalue weighted by Crippen LogP contribution is 2.38. The largest absolute Gasteiger partial charge is 0.378 e. The van der Waals surface area contributed by atoms with Gasteiger partial charge >= 0.3 is 0 Å². The fourth-order valence-electron chi connectivity index (χ4n) is 4.59. The van der Waals surface area contributed by atoms with Crippen LogP contribution in [0.25, 0.3) is 0 Å². The third kappa shape index (κ3) is 3.45. The Labute approximate surface area is 179 Å². The molecule has 5 rings (SSSR count). The van der Waals surface area contributed by atoms with Crippen LogP contribution in [0, 0.1) is 0 Å². The molecular formula is C21H24N4O6. The fraction of sp³-hybridized carbons (Fsp3) is 0.524. The standard InChI is InChI=1S/C21H24N4O6/c26-18-3-2-15(19(27)22-18)25-20(28)13-10-16(23-5-8-30-9-6-23)17(11-14(13)21(25)29)24-4-1-7-31-12-24/h10-11,15H,1-9,12H2,(H,22,26,27). The van der Waals surface area contributed by atoms with Crippen LogP contribution in [0.5, 0.6) is 0 Å². The van der Waals surface area contributed by atoms with Gasteiger partial charge in [-0.3, -0.25) is 29.4 Å². The summed E-state index contributed by atoms with van der Waals surface area (Å²) in [7, 11) is 0. The minimum atomic E-state index is -0.973. The molecule has 1 aromatic rings. The predicted molar refractivity (Wildman–Crippen MR) is 109 cm³/mol. The van der Waals surface area contributed by atoms with Crippen LogP contribution >= 0.6 is 0 Å². The maximum Gasteiger partial charge on any atom is 0.262 e. The number of anilines is 2. The third-order valence-electron chi connectivity index (χ3n) is 6.19. The molecule has 31 heavy (non-hydrogen) atoms. The highest BCUT2D eigenvalue weighted by molar-refractivity contribution is 6.24. The van der Waals surface area contributed by atoms with Crippen LogP contribution in [0.4, 0.5) is 11.4 Å². The van der Waals surface area contributed by atoms with Gasteiger partial charge in [-0.15, -0.1) is 0 Å². The third-order valence-corrected chi connectivity index (χ3v) is 6.19. The molecule has 3 fully saturated rings. The molecule has 0 saturated carbocycles. The molecule has 0 spiro atoms. The van der Waals surface area contributed by atoms with Gasteiger partial charge in [-0.1, -0.05) is 0 Å². The number of ether oxygens (including phenoxy) is 2. The average molecular weight is 428 g/mol. The van der Waals surface area contributed by atoms with E-state index in [0.717, 1.165) is 29.2 Å². The first-order valence-electron chi connectivity index (χ1n) is 10.6. The Morgan fingerprint density at radius 3 is 2.13 bits per heavy atom. The summed E-state index contributed by atoms with van der Waals surface area (Å²) in [6.07, 6.45) is 1.10. The summed E-state index contributed by atoms with van der Waals surface area (Å²) in [6, 6.07) is 2.54. The molecule has 3 saturated heterocycles. The number of hydrogen-bond donors (Lipinski definition) is 1. The topological polar surface area (TPSA) is 108 Å². The Kier molecular flexibility index (Phi) is 5.11. The molecule has 1 aromatic carbocycles. The number of amides is 4. The lowest BCUT2D eigenvalue weighted by Crippen LogP contribution is -2.54. The van der Waals surface area contributed by atoms with Crippen LogP contribution in [-0.2, 0) is 19.1 Å². The van der Waals surface area contributed by atoms with E-state index in [1.807, 2.05) is 0 Å². The van der Waals surface area contributed by atoms with Crippen molar-refractivity contribution in [2.75, 3.05) is 56.0 Å². The van der Waals surface area contributed by atoms with Gasteiger partial charge in [0.05, 0.1) is 42.3 Å². The molecule has 10 nitrogen and oxygen atoms in total. The quantitative estimate of drug-likeness (QED) is 0.676. The lowest BCUT2D eigenvalue weighted by atomic mass is 10.0. The summed E-state index contributed by atoms with van der Waals surface area (Å²) in [5.41, 5.74) is 2.27. The number of nitrogens with one attached hydrogen (secondary N) is 1. The molecule has 4 amide bonds. The minimum absolute atomic E-state index is 0.0964. The monoisotopic (exact) mass is 428 g/mol. The molecule has 1 atom stereocenters. The maximum absolute atomic E-state index is 13.2. The van der Waals surface area contributed by atoms with Gasteiger partial charge in [0.15, 0.2) is 0 Å². The van der Waals surface area contributed by atoms with Crippen LogP contribution in [0.15, 0.2) is 12.1 Å². The lowest BCUT2D eigenvalue weighted by molar-refractivity contribution is -0.136. The van der Waals surface area contributed by atoms with Crippen molar-refractivity contribution in [1.29, 1.82) is 0 Å².